The first-order chi connectivity index (χ1) is 16.8. The molecule has 0 radical (unpaired) electrons. The minimum Gasteiger partial charge on any atom is -0.481 e. The van der Waals surface area contributed by atoms with E-state index < -0.39 is 11.5 Å². The van der Waals surface area contributed by atoms with Gasteiger partial charge in [0.05, 0.1) is 23.8 Å². The predicted molar refractivity (Wildman–Crippen MR) is 137 cm³/mol. The van der Waals surface area contributed by atoms with Crippen molar-refractivity contribution < 1.29 is 9.90 Å². The van der Waals surface area contributed by atoms with E-state index in [9.17, 15) is 14.7 Å². The number of benzene rings is 1. The van der Waals surface area contributed by atoms with Crippen LogP contribution in [0.5, 0.6) is 0 Å². The molecule has 0 amide bonds. The van der Waals surface area contributed by atoms with E-state index in [2.05, 4.69) is 15.9 Å². The van der Waals surface area contributed by atoms with Crippen molar-refractivity contribution in [2.24, 2.45) is 17.3 Å². The van der Waals surface area contributed by atoms with Crippen molar-refractivity contribution >= 4 is 40.5 Å². The van der Waals surface area contributed by atoms with Gasteiger partial charge in [-0.2, -0.15) is 5.10 Å². The Morgan fingerprint density at radius 3 is 2.40 bits per heavy atom. The molecule has 2 heterocycles. The van der Waals surface area contributed by atoms with E-state index >= 15 is 0 Å². The molecule has 4 saturated carbocycles. The second kappa shape index (κ2) is 8.41. The summed E-state index contributed by atoms with van der Waals surface area (Å²) in [6.07, 6.45) is 7.47. The molecule has 2 aromatic rings. The van der Waals surface area contributed by atoms with Crippen LogP contribution in [-0.2, 0) is 10.3 Å². The number of carboxylic acids is 1. The first-order valence-corrected chi connectivity index (χ1v) is 13.3. The fraction of sp³-hybridized carbons (Fsp3) is 0.577. The van der Waals surface area contributed by atoms with Gasteiger partial charge in [0.15, 0.2) is 0 Å². The number of hydrogen-bond donors (Lipinski definition) is 1. The van der Waals surface area contributed by atoms with Crippen molar-refractivity contribution in [3.63, 3.8) is 0 Å². The summed E-state index contributed by atoms with van der Waals surface area (Å²) in [4.78, 5) is 29.7. The fourth-order valence-electron chi connectivity index (χ4n) is 8.04. The van der Waals surface area contributed by atoms with Crippen LogP contribution < -0.4 is 15.4 Å². The number of halogens is 2. The number of carbonyl (C=O) groups is 1. The minimum absolute atomic E-state index is 0.180. The molecular weight excluding hydrogens is 487 g/mol. The topological polar surface area (TPSA) is 78.7 Å². The highest BCUT2D eigenvalue weighted by Gasteiger charge is 2.59. The summed E-state index contributed by atoms with van der Waals surface area (Å²) in [7, 11) is 0. The highest BCUT2D eigenvalue weighted by atomic mass is 35.5. The van der Waals surface area contributed by atoms with Crippen LogP contribution in [0.1, 0.15) is 44.9 Å². The summed E-state index contributed by atoms with van der Waals surface area (Å²) in [5.41, 5.74) is 0.898. The number of rotatable bonds is 5. The van der Waals surface area contributed by atoms with E-state index in [1.807, 2.05) is 18.2 Å². The molecule has 35 heavy (non-hydrogen) atoms. The molecule has 1 N–H and O–H groups in total. The Bertz CT molecular complexity index is 1210. The second-order valence-corrected chi connectivity index (χ2v) is 12.1. The van der Waals surface area contributed by atoms with Crippen LogP contribution in [0.15, 0.2) is 35.3 Å². The smallest absolute Gasteiger partial charge is 0.303 e. The van der Waals surface area contributed by atoms with Crippen LogP contribution in [-0.4, -0.2) is 47.0 Å². The summed E-state index contributed by atoms with van der Waals surface area (Å²) in [5.74, 6) is 0.178. The fourth-order valence-corrected chi connectivity index (χ4v) is 8.47. The van der Waals surface area contributed by atoms with E-state index in [0.717, 1.165) is 69.0 Å². The Morgan fingerprint density at radius 1 is 1.06 bits per heavy atom. The molecule has 1 saturated heterocycles. The molecule has 0 spiro atoms. The Kier molecular flexibility index (Phi) is 5.57. The zero-order chi connectivity index (χ0) is 24.4. The van der Waals surface area contributed by atoms with Gasteiger partial charge in [-0.05, 0) is 74.0 Å². The lowest BCUT2D eigenvalue weighted by Crippen LogP contribution is -2.59. The van der Waals surface area contributed by atoms with E-state index in [-0.39, 0.29) is 22.4 Å². The molecule has 1 aliphatic heterocycles. The van der Waals surface area contributed by atoms with E-state index in [1.165, 1.54) is 0 Å². The molecule has 0 unspecified atom stereocenters. The lowest BCUT2D eigenvalue weighted by Gasteiger charge is -2.61. The van der Waals surface area contributed by atoms with Crippen molar-refractivity contribution in [2.45, 2.75) is 50.5 Å². The summed E-state index contributed by atoms with van der Waals surface area (Å²) in [6, 6.07) is 7.85. The summed E-state index contributed by atoms with van der Waals surface area (Å²) >= 11 is 12.9. The van der Waals surface area contributed by atoms with Gasteiger partial charge in [-0.15, -0.1) is 0 Å². The molecule has 4 aliphatic carbocycles. The highest BCUT2D eigenvalue weighted by molar-refractivity contribution is 6.33. The number of piperazine rings is 1. The van der Waals surface area contributed by atoms with Gasteiger partial charge in [-0.1, -0.05) is 29.3 Å². The standard InChI is InChI=1S/C26H30Cl2N4O3/c27-19-2-1-3-20(9-19)30-4-6-31(7-5-30)21-15-29-32(24(35)23(21)28)26-12-17-8-18(13-26)11-25(10-17,16-26)14-22(33)34/h1-3,9,15,17-18H,4-8,10-14,16H2,(H,33,34)/t17-,18-,25?,26?/m0/s1. The Balaban J connectivity index is 1.25. The van der Waals surface area contributed by atoms with Gasteiger partial charge >= 0.3 is 5.97 Å². The maximum absolute atomic E-state index is 13.6. The molecule has 1 aromatic carbocycles. The van der Waals surface area contributed by atoms with Crippen LogP contribution >= 0.6 is 23.2 Å². The summed E-state index contributed by atoms with van der Waals surface area (Å²) in [5, 5.41) is 15.2. The van der Waals surface area contributed by atoms with Crippen LogP contribution in [0.3, 0.4) is 0 Å². The molecule has 5 fully saturated rings. The first-order valence-electron chi connectivity index (χ1n) is 12.5. The van der Waals surface area contributed by atoms with Crippen LogP contribution in [0, 0.1) is 17.3 Å². The lowest BCUT2D eigenvalue weighted by atomic mass is 9.46. The monoisotopic (exact) mass is 516 g/mol. The van der Waals surface area contributed by atoms with Gasteiger partial charge in [-0.25, -0.2) is 4.68 Å². The SMILES string of the molecule is O=C(O)CC12C[C@@H]3C[C@@H](C1)CC(n1ncc(N4CCN(c5cccc(Cl)c5)CC4)c(Cl)c1=O)(C3)C2. The third-order valence-electron chi connectivity index (χ3n) is 8.82. The first kappa shape index (κ1) is 23.2. The molecule has 2 atom stereocenters. The number of hydrogen-bond acceptors (Lipinski definition) is 5. The van der Waals surface area contributed by atoms with Crippen LogP contribution in [0.4, 0.5) is 11.4 Å². The largest absolute Gasteiger partial charge is 0.481 e. The maximum atomic E-state index is 13.6. The molecule has 9 heteroatoms. The second-order valence-electron chi connectivity index (χ2n) is 11.3. The Hall–Kier alpha value is -2.25. The van der Waals surface area contributed by atoms with Gasteiger partial charge in [0.1, 0.15) is 5.02 Å². The molecule has 7 nitrogen and oxygen atoms in total. The molecular formula is C26H30Cl2N4O3. The van der Waals surface area contributed by atoms with Gasteiger partial charge < -0.3 is 14.9 Å². The Morgan fingerprint density at radius 2 is 1.74 bits per heavy atom. The van der Waals surface area contributed by atoms with Crippen molar-refractivity contribution in [1.29, 1.82) is 0 Å². The number of carboxylic acid groups (broad SMARTS) is 1. The maximum Gasteiger partial charge on any atom is 0.303 e. The average molecular weight is 517 g/mol. The van der Waals surface area contributed by atoms with E-state index in [0.29, 0.717) is 23.9 Å². The average Bonchev–Trinajstić information content (AvgIpc) is 2.79. The third-order valence-corrected chi connectivity index (χ3v) is 9.41. The van der Waals surface area contributed by atoms with E-state index in [4.69, 9.17) is 28.3 Å². The lowest BCUT2D eigenvalue weighted by molar-refractivity contribution is -0.151. The Labute approximate surface area is 214 Å². The normalized spacial score (nSPS) is 31.7. The molecule has 186 valence electrons. The van der Waals surface area contributed by atoms with Gasteiger partial charge in [0, 0.05) is 36.9 Å². The number of aliphatic carboxylic acids is 1. The quantitative estimate of drug-likeness (QED) is 0.623. The molecule has 1 aromatic heterocycles. The summed E-state index contributed by atoms with van der Waals surface area (Å²) < 4.78 is 1.63. The van der Waals surface area contributed by atoms with Crippen molar-refractivity contribution in [3.05, 3.63) is 50.9 Å². The van der Waals surface area contributed by atoms with Crippen LogP contribution in [0.2, 0.25) is 10.0 Å². The van der Waals surface area contributed by atoms with Crippen molar-refractivity contribution in [3.8, 4) is 0 Å². The van der Waals surface area contributed by atoms with Gasteiger partial charge in [0.25, 0.3) is 5.56 Å². The van der Waals surface area contributed by atoms with Crippen molar-refractivity contribution in [2.75, 3.05) is 36.0 Å². The molecule has 4 bridgehead atoms. The number of nitrogens with zero attached hydrogens (tertiary/aromatic N) is 4. The summed E-state index contributed by atoms with van der Waals surface area (Å²) in [6.45, 7) is 3.05. The van der Waals surface area contributed by atoms with E-state index in [1.54, 1.807) is 10.9 Å². The predicted octanol–water partition coefficient (Wildman–Crippen LogP) is 4.65. The minimum atomic E-state index is -0.743. The van der Waals surface area contributed by atoms with Gasteiger partial charge in [-0.3, -0.25) is 9.59 Å². The van der Waals surface area contributed by atoms with Gasteiger partial charge in [0.2, 0.25) is 0 Å². The van der Waals surface area contributed by atoms with Crippen molar-refractivity contribution in [1.82, 2.24) is 9.78 Å². The number of anilines is 2. The highest BCUT2D eigenvalue weighted by Crippen LogP contribution is 2.65. The zero-order valence-electron chi connectivity index (χ0n) is 19.6. The molecule has 5 aliphatic rings. The zero-order valence-corrected chi connectivity index (χ0v) is 21.1. The molecule has 7 rings (SSSR count). The van der Waals surface area contributed by atoms with Crippen LogP contribution in [0.25, 0.3) is 0 Å². The number of aromatic nitrogens is 2. The third kappa shape index (κ3) is 4.01.